The second-order valence-electron chi connectivity index (χ2n) is 3.02. The number of nitrogens with two attached hydrogens (primary N) is 2. The molecular weight excluding hydrogens is 232 g/mol. The standard InChI is InChI=1S/C10H11ClN2O3/c11-5-1-2-6(7(12)3-5)9(14)4-8(13)10(15)16/h1-3,8H,4,12-13H2,(H,15,16)/i4D2. The maximum atomic E-state index is 11.9. The van der Waals surface area contributed by atoms with E-state index >= 15 is 0 Å². The van der Waals surface area contributed by atoms with Gasteiger partial charge in [0, 0.05) is 25.4 Å². The van der Waals surface area contributed by atoms with Crippen LogP contribution in [0.15, 0.2) is 18.2 Å². The average molecular weight is 245 g/mol. The van der Waals surface area contributed by atoms with Gasteiger partial charge in [-0.15, -0.1) is 0 Å². The fourth-order valence-electron chi connectivity index (χ4n) is 1.02. The molecule has 16 heavy (non-hydrogen) atoms. The number of ketones is 1. The summed E-state index contributed by atoms with van der Waals surface area (Å²) in [4.78, 5) is 22.6. The van der Waals surface area contributed by atoms with Crippen molar-refractivity contribution in [3.63, 3.8) is 0 Å². The molecule has 0 saturated heterocycles. The first kappa shape index (κ1) is 9.62. The first-order valence-corrected chi connectivity index (χ1v) is 4.64. The molecule has 0 saturated carbocycles. The van der Waals surface area contributed by atoms with Crippen LogP contribution < -0.4 is 11.5 Å². The van der Waals surface area contributed by atoms with Crippen LogP contribution in [0.2, 0.25) is 5.02 Å². The van der Waals surface area contributed by atoms with Gasteiger partial charge in [0.25, 0.3) is 0 Å². The minimum atomic E-state index is -2.76. The van der Waals surface area contributed by atoms with Crippen LogP contribution >= 0.6 is 11.6 Å². The first-order valence-electron chi connectivity index (χ1n) is 5.26. The summed E-state index contributed by atoms with van der Waals surface area (Å²) in [6.45, 7) is 0. The summed E-state index contributed by atoms with van der Waals surface area (Å²) >= 11 is 5.65. The Morgan fingerprint density at radius 3 is 2.69 bits per heavy atom. The third kappa shape index (κ3) is 2.95. The minimum Gasteiger partial charge on any atom is -0.480 e. The van der Waals surface area contributed by atoms with E-state index in [2.05, 4.69) is 0 Å². The van der Waals surface area contributed by atoms with Gasteiger partial charge in [0.05, 0.1) is 0 Å². The van der Waals surface area contributed by atoms with Crippen LogP contribution in [0.1, 0.15) is 19.5 Å². The van der Waals surface area contributed by atoms with Gasteiger partial charge >= 0.3 is 5.97 Å². The van der Waals surface area contributed by atoms with E-state index in [4.69, 9.17) is 30.9 Å². The Kier molecular flexibility index (Phi) is 2.98. The van der Waals surface area contributed by atoms with Gasteiger partial charge in [0.15, 0.2) is 5.78 Å². The van der Waals surface area contributed by atoms with Gasteiger partial charge in [-0.25, -0.2) is 0 Å². The maximum Gasteiger partial charge on any atom is 0.320 e. The van der Waals surface area contributed by atoms with Gasteiger partial charge in [0.1, 0.15) is 6.04 Å². The molecule has 1 unspecified atom stereocenters. The van der Waals surface area contributed by atoms with Gasteiger partial charge in [-0.1, -0.05) is 11.6 Å². The number of Topliss-reactive ketones (excluding diaryl/α,β-unsaturated/α-hetero) is 1. The topological polar surface area (TPSA) is 106 Å². The maximum absolute atomic E-state index is 11.9. The lowest BCUT2D eigenvalue weighted by Crippen LogP contribution is -2.32. The van der Waals surface area contributed by atoms with Crippen molar-refractivity contribution in [1.29, 1.82) is 0 Å². The van der Waals surface area contributed by atoms with Crippen molar-refractivity contribution in [3.8, 4) is 0 Å². The summed E-state index contributed by atoms with van der Waals surface area (Å²) in [6.07, 6.45) is -2.76. The van der Waals surface area contributed by atoms with Crippen molar-refractivity contribution >= 4 is 29.0 Å². The van der Waals surface area contributed by atoms with E-state index in [9.17, 15) is 9.59 Å². The molecule has 86 valence electrons. The number of halogens is 1. The third-order valence-electron chi connectivity index (χ3n) is 1.81. The number of benzene rings is 1. The van der Waals surface area contributed by atoms with E-state index in [1.165, 1.54) is 18.2 Å². The van der Waals surface area contributed by atoms with Gasteiger partial charge < -0.3 is 16.6 Å². The molecule has 1 rings (SSSR count). The van der Waals surface area contributed by atoms with E-state index in [1.54, 1.807) is 0 Å². The van der Waals surface area contributed by atoms with Crippen LogP contribution in [0, 0.1) is 0 Å². The number of anilines is 1. The number of carboxylic acids is 1. The zero-order valence-electron chi connectivity index (χ0n) is 10.1. The van der Waals surface area contributed by atoms with Gasteiger partial charge in [0.2, 0.25) is 0 Å². The van der Waals surface area contributed by atoms with Gasteiger partial charge in [-0.2, -0.15) is 0 Å². The van der Waals surface area contributed by atoms with Crippen molar-refractivity contribution < 1.29 is 17.4 Å². The molecule has 6 heteroatoms. The molecule has 0 spiro atoms. The van der Waals surface area contributed by atoms with E-state index in [-0.39, 0.29) is 16.3 Å². The summed E-state index contributed by atoms with van der Waals surface area (Å²) in [6, 6.07) is 1.89. The second kappa shape index (κ2) is 4.96. The molecule has 0 aliphatic rings. The number of nitrogen functional groups attached to an aromatic ring is 1. The molecule has 0 aliphatic carbocycles. The Hall–Kier alpha value is -1.59. The zero-order chi connectivity index (χ0) is 14.1. The summed E-state index contributed by atoms with van der Waals surface area (Å²) in [5.74, 6) is -2.70. The fourth-order valence-corrected chi connectivity index (χ4v) is 1.20. The highest BCUT2D eigenvalue weighted by molar-refractivity contribution is 6.31. The number of hydrogen-bond donors (Lipinski definition) is 3. The van der Waals surface area contributed by atoms with Crippen molar-refractivity contribution in [2.45, 2.75) is 12.4 Å². The average Bonchev–Trinajstić information content (AvgIpc) is 2.27. The molecule has 1 aromatic carbocycles. The van der Waals surface area contributed by atoms with Crippen molar-refractivity contribution in [1.82, 2.24) is 0 Å². The molecule has 0 aliphatic heterocycles. The quantitative estimate of drug-likeness (QED) is 0.539. The highest BCUT2D eigenvalue weighted by Gasteiger charge is 2.18. The normalized spacial score (nSPS) is 14.9. The molecule has 1 aromatic rings. The molecule has 0 radical (unpaired) electrons. The summed E-state index contributed by atoms with van der Waals surface area (Å²) in [5, 5.41) is 8.94. The smallest absolute Gasteiger partial charge is 0.320 e. The van der Waals surface area contributed by atoms with Gasteiger partial charge in [-0.05, 0) is 18.2 Å². The Morgan fingerprint density at radius 2 is 2.19 bits per heavy atom. The van der Waals surface area contributed by atoms with Crippen LogP contribution in [-0.2, 0) is 4.79 Å². The van der Waals surface area contributed by atoms with E-state index in [0.717, 1.165) is 0 Å². The highest BCUT2D eigenvalue weighted by Crippen LogP contribution is 2.19. The van der Waals surface area contributed by atoms with Gasteiger partial charge in [-0.3, -0.25) is 9.59 Å². The van der Waals surface area contributed by atoms with Crippen LogP contribution in [0.25, 0.3) is 0 Å². The van der Waals surface area contributed by atoms with Crippen LogP contribution in [-0.4, -0.2) is 22.9 Å². The van der Waals surface area contributed by atoms with Crippen molar-refractivity contribution in [3.05, 3.63) is 28.8 Å². The zero-order valence-corrected chi connectivity index (χ0v) is 8.86. The lowest BCUT2D eigenvalue weighted by atomic mass is 10.0. The molecule has 5 nitrogen and oxygen atoms in total. The third-order valence-corrected chi connectivity index (χ3v) is 2.05. The van der Waals surface area contributed by atoms with Crippen LogP contribution in [0.3, 0.4) is 0 Å². The number of hydrogen-bond acceptors (Lipinski definition) is 4. The predicted molar refractivity (Wildman–Crippen MR) is 60.4 cm³/mol. The molecule has 0 heterocycles. The molecule has 0 bridgehead atoms. The number of aliphatic carboxylic acids is 1. The van der Waals surface area contributed by atoms with Crippen LogP contribution in [0.4, 0.5) is 5.69 Å². The Bertz CT molecular complexity index is 508. The van der Waals surface area contributed by atoms with Crippen molar-refractivity contribution in [2.75, 3.05) is 5.73 Å². The molecule has 0 amide bonds. The second-order valence-corrected chi connectivity index (χ2v) is 3.46. The monoisotopic (exact) mass is 244 g/mol. The van der Waals surface area contributed by atoms with Crippen molar-refractivity contribution in [2.24, 2.45) is 5.73 Å². The SMILES string of the molecule is [2H]C([2H])(C(=O)c1ccc(Cl)cc1N)C(N)C(=O)O. The lowest BCUT2D eigenvalue weighted by molar-refractivity contribution is -0.138. The fraction of sp³-hybridized carbons (Fsp3) is 0.200. The van der Waals surface area contributed by atoms with E-state index in [0.29, 0.717) is 0 Å². The number of carbonyl (C=O) groups is 2. The number of carbonyl (C=O) groups excluding carboxylic acids is 1. The highest BCUT2D eigenvalue weighted by atomic mass is 35.5. The molecule has 1 atom stereocenters. The number of carboxylic acid groups (broad SMARTS) is 1. The molecular formula is C10H11ClN2O3. The van der Waals surface area contributed by atoms with E-state index < -0.39 is 24.2 Å². The first-order chi connectivity index (χ1) is 8.17. The molecule has 0 aromatic heterocycles. The lowest BCUT2D eigenvalue weighted by Gasteiger charge is -2.07. The Labute approximate surface area is 99.8 Å². The minimum absolute atomic E-state index is 0.0334. The van der Waals surface area contributed by atoms with Crippen LogP contribution in [0.5, 0.6) is 0 Å². The molecule has 0 fully saturated rings. The number of rotatable bonds is 4. The van der Waals surface area contributed by atoms with E-state index in [1.807, 2.05) is 0 Å². The predicted octanol–water partition coefficient (Wildman–Crippen LogP) is 0.907. The molecule has 5 N–H and O–H groups in total. The summed E-state index contributed by atoms with van der Waals surface area (Å²) in [7, 11) is 0. The Balaban J connectivity index is 3.17. The summed E-state index contributed by atoms with van der Waals surface area (Å²) < 4.78 is 15.0. The Morgan fingerprint density at radius 1 is 1.56 bits per heavy atom. The largest absolute Gasteiger partial charge is 0.480 e. The summed E-state index contributed by atoms with van der Waals surface area (Å²) in [5.41, 5.74) is 10.5.